The molecule has 0 fully saturated rings. The van der Waals surface area contributed by atoms with Gasteiger partial charge in [-0.05, 0) is 0 Å². The zero-order chi connectivity index (χ0) is 11.7. The summed E-state index contributed by atoms with van der Waals surface area (Å²) in [5.74, 6) is 0. The highest BCUT2D eigenvalue weighted by Crippen LogP contribution is 2.10. The smallest absolute Gasteiger partial charge is 0.225 e. The normalized spacial score (nSPS) is 9.00. The van der Waals surface area contributed by atoms with Crippen LogP contribution in [-0.4, -0.2) is 16.9 Å². The molecule has 0 saturated carbocycles. The van der Waals surface area contributed by atoms with Gasteiger partial charge in [-0.15, -0.1) is 0 Å². The lowest BCUT2D eigenvalue weighted by Crippen LogP contribution is -2.34. The maximum absolute atomic E-state index is 8.78. The van der Waals surface area contributed by atoms with E-state index in [4.69, 9.17) is 10.5 Å². The lowest BCUT2D eigenvalue weighted by Gasteiger charge is -1.92. The Morgan fingerprint density at radius 3 is 2.73 bits per heavy atom. The van der Waals surface area contributed by atoms with Crippen molar-refractivity contribution < 1.29 is 9.67 Å². The Morgan fingerprint density at radius 2 is 2.27 bits per heavy atom. The molecule has 0 bridgehead atoms. The van der Waals surface area contributed by atoms with Gasteiger partial charge in [-0.25, -0.2) is 0 Å². The average Bonchev–Trinajstić information content (AvgIpc) is 2.53. The first-order chi connectivity index (χ1) is 7.21. The Hall–Kier alpha value is -0.610. The fraction of sp³-hybridized carbons (Fsp3) is 0.600. The van der Waals surface area contributed by atoms with Gasteiger partial charge in [0.05, 0.1) is 4.88 Å². The van der Waals surface area contributed by atoms with Crippen molar-refractivity contribution in [3.8, 4) is 0 Å². The van der Waals surface area contributed by atoms with E-state index in [1.54, 1.807) is 11.3 Å². The number of hydrogen-bond donors (Lipinski definition) is 1. The summed E-state index contributed by atoms with van der Waals surface area (Å²) < 4.78 is 2.26. The molecule has 0 spiro atoms. The molecule has 0 radical (unpaired) electrons. The van der Waals surface area contributed by atoms with Crippen molar-refractivity contribution in [1.29, 1.82) is 0 Å². The Kier molecular flexibility index (Phi) is 8.33. The lowest BCUT2D eigenvalue weighted by molar-refractivity contribution is -0.698. The highest BCUT2D eigenvalue weighted by molar-refractivity contribution is 7.78. The number of nitrogens with zero attached hydrogens (tertiary/aromatic N) is 2. The zero-order valence-corrected chi connectivity index (χ0v) is 10.7. The summed E-state index contributed by atoms with van der Waals surface area (Å²) in [5.41, 5.74) is 3.46. The van der Waals surface area contributed by atoms with Crippen molar-refractivity contribution in [1.82, 2.24) is 0 Å². The number of aliphatic hydroxyl groups is 1. The third kappa shape index (κ3) is 5.14. The highest BCUT2D eigenvalue weighted by atomic mass is 32.1. The number of thiocarbonyl (C=S) groups is 1. The van der Waals surface area contributed by atoms with Crippen molar-refractivity contribution in [3.63, 3.8) is 0 Å². The molecule has 0 unspecified atom stereocenters. The van der Waals surface area contributed by atoms with E-state index in [-0.39, 0.29) is 6.61 Å². The highest BCUT2D eigenvalue weighted by Gasteiger charge is 2.12. The van der Waals surface area contributed by atoms with Gasteiger partial charge < -0.3 is 10.5 Å². The van der Waals surface area contributed by atoms with Crippen LogP contribution in [0.3, 0.4) is 0 Å². The predicted octanol–water partition coefficient (Wildman–Crippen LogP) is 1.95. The van der Waals surface area contributed by atoms with Crippen LogP contribution < -0.4 is 4.57 Å². The third-order valence-electron chi connectivity index (χ3n) is 1.96. The number of aryl methyl sites for hydroxylation is 1. The van der Waals surface area contributed by atoms with Crippen LogP contribution in [-0.2, 0) is 13.0 Å². The van der Waals surface area contributed by atoms with Crippen LogP contribution in [0, 0.1) is 6.92 Å². The van der Waals surface area contributed by atoms with E-state index in [0.29, 0.717) is 0 Å². The van der Waals surface area contributed by atoms with E-state index in [9.17, 15) is 0 Å². The second-order valence-corrected chi connectivity index (χ2v) is 4.11. The van der Waals surface area contributed by atoms with Crippen LogP contribution >= 0.6 is 23.6 Å². The van der Waals surface area contributed by atoms with Crippen LogP contribution in [0.1, 0.15) is 23.9 Å². The maximum atomic E-state index is 8.78. The summed E-state index contributed by atoms with van der Waals surface area (Å²) in [5, 5.41) is 17.2. The first kappa shape index (κ1) is 14.4. The lowest BCUT2D eigenvalue weighted by atomic mass is 10.3. The van der Waals surface area contributed by atoms with E-state index in [1.807, 2.05) is 0 Å². The minimum absolute atomic E-state index is 0.257. The molecule has 0 aliphatic carbocycles. The summed E-state index contributed by atoms with van der Waals surface area (Å²) in [6.45, 7) is 5.65. The molecule has 84 valence electrons. The summed E-state index contributed by atoms with van der Waals surface area (Å²) in [6.07, 6.45) is 1.97. The second-order valence-electron chi connectivity index (χ2n) is 2.99. The molecule has 0 atom stereocenters. The van der Waals surface area contributed by atoms with Gasteiger partial charge in [-0.3, -0.25) is 0 Å². The number of thiazole rings is 1. The van der Waals surface area contributed by atoms with Crippen molar-refractivity contribution in [2.24, 2.45) is 0 Å². The zero-order valence-electron chi connectivity index (χ0n) is 9.06. The molecule has 5 heteroatoms. The quantitative estimate of drug-likeness (QED) is 0.500. The summed E-state index contributed by atoms with van der Waals surface area (Å²) in [6, 6.07) is 0. The number of aromatic nitrogens is 1. The molecule has 0 amide bonds. The van der Waals surface area contributed by atoms with Crippen LogP contribution in [0.25, 0.3) is 5.41 Å². The van der Waals surface area contributed by atoms with Crippen LogP contribution in [0.15, 0.2) is 5.51 Å². The molecular formula is C10H16N2OS2. The molecule has 1 rings (SSSR count). The summed E-state index contributed by atoms with van der Waals surface area (Å²) in [7, 11) is 0. The molecule has 1 aromatic heterocycles. The standard InChI is InChI=1S/C9H16NOS.CNS/c1-3-5-10-7-12-9(4-6-11)8(10)2;2-1-3/h7,11H,3-6H2,1-2H3;/q+1;-1. The molecule has 1 N–H and O–H groups in total. The molecule has 1 heterocycles. The molecule has 0 aromatic carbocycles. The van der Waals surface area contributed by atoms with Gasteiger partial charge in [-0.1, -0.05) is 30.5 Å². The van der Waals surface area contributed by atoms with Gasteiger partial charge in [0, 0.05) is 26.4 Å². The molecular weight excluding hydrogens is 228 g/mol. The van der Waals surface area contributed by atoms with Crippen LogP contribution in [0.2, 0.25) is 0 Å². The largest absolute Gasteiger partial charge is 0.753 e. The second kappa shape index (κ2) is 8.68. The van der Waals surface area contributed by atoms with Gasteiger partial charge in [0.1, 0.15) is 6.54 Å². The average molecular weight is 244 g/mol. The predicted molar refractivity (Wildman–Crippen MR) is 66.3 cm³/mol. The summed E-state index contributed by atoms with van der Waals surface area (Å²) >= 11 is 5.44. The summed E-state index contributed by atoms with van der Waals surface area (Å²) in [4.78, 5) is 1.31. The Labute approximate surface area is 99.9 Å². The van der Waals surface area contributed by atoms with E-state index >= 15 is 0 Å². The van der Waals surface area contributed by atoms with Gasteiger partial charge in [0.2, 0.25) is 5.51 Å². The van der Waals surface area contributed by atoms with E-state index in [0.717, 1.165) is 13.0 Å². The van der Waals surface area contributed by atoms with Crippen LogP contribution in [0.4, 0.5) is 0 Å². The van der Waals surface area contributed by atoms with Gasteiger partial charge >= 0.3 is 0 Å². The minimum atomic E-state index is 0.257. The fourth-order valence-corrected chi connectivity index (χ4v) is 2.27. The topological polar surface area (TPSA) is 46.4 Å². The Morgan fingerprint density at radius 1 is 1.67 bits per heavy atom. The number of hydrogen-bond acceptors (Lipinski definition) is 3. The third-order valence-corrected chi connectivity index (χ3v) is 3.10. The Balaban J connectivity index is 0.000000583. The molecule has 1 aromatic rings. The van der Waals surface area contributed by atoms with Gasteiger partial charge in [0.15, 0.2) is 5.69 Å². The molecule has 0 aliphatic rings. The van der Waals surface area contributed by atoms with Crippen molar-refractivity contribution in [2.75, 3.05) is 6.61 Å². The first-order valence-corrected chi connectivity index (χ1v) is 6.08. The molecule has 15 heavy (non-hydrogen) atoms. The number of isothiocyanates is 1. The van der Waals surface area contributed by atoms with Gasteiger partial charge in [-0.2, -0.15) is 9.73 Å². The SMILES string of the molecule is CCC[n+]1csc(CCO)c1C.[N-]=C=S. The van der Waals surface area contributed by atoms with E-state index in [1.165, 1.54) is 22.2 Å². The Bertz CT molecular complexity index is 294. The minimum Gasteiger partial charge on any atom is -0.753 e. The first-order valence-electron chi connectivity index (χ1n) is 4.79. The molecule has 0 saturated heterocycles. The fourth-order valence-electron chi connectivity index (χ4n) is 1.25. The van der Waals surface area contributed by atoms with Gasteiger partial charge in [0.25, 0.3) is 0 Å². The molecule has 0 aliphatic heterocycles. The number of aliphatic hydroxyl groups excluding tert-OH is 1. The monoisotopic (exact) mass is 244 g/mol. The maximum Gasteiger partial charge on any atom is 0.225 e. The number of rotatable bonds is 4. The van der Waals surface area contributed by atoms with Crippen molar-refractivity contribution in [2.45, 2.75) is 33.2 Å². The van der Waals surface area contributed by atoms with E-state index in [2.05, 4.69) is 36.1 Å². The molecule has 3 nitrogen and oxygen atoms in total. The van der Waals surface area contributed by atoms with Crippen molar-refractivity contribution in [3.05, 3.63) is 21.5 Å². The van der Waals surface area contributed by atoms with E-state index < -0.39 is 0 Å². The van der Waals surface area contributed by atoms with Crippen molar-refractivity contribution >= 4 is 28.7 Å². The van der Waals surface area contributed by atoms with Crippen LogP contribution in [0.5, 0.6) is 0 Å².